The molecular formula is C20H23N3O3. The van der Waals surface area contributed by atoms with Crippen molar-refractivity contribution in [1.82, 2.24) is 0 Å². The Morgan fingerprint density at radius 2 is 1.77 bits per heavy atom. The number of epoxide rings is 1. The van der Waals surface area contributed by atoms with E-state index in [1.807, 2.05) is 12.1 Å². The maximum atomic E-state index is 11.0. The molecule has 2 aliphatic heterocycles. The lowest BCUT2D eigenvalue weighted by Gasteiger charge is -2.38. The molecule has 0 bridgehead atoms. The molecule has 2 heterocycles. The lowest BCUT2D eigenvalue weighted by atomic mass is 10.1. The van der Waals surface area contributed by atoms with E-state index in [0.717, 1.165) is 31.9 Å². The summed E-state index contributed by atoms with van der Waals surface area (Å²) in [6.45, 7) is 8.00. The number of aliphatic hydroxyl groups excluding tert-OH is 1. The fourth-order valence-corrected chi connectivity index (χ4v) is 3.67. The van der Waals surface area contributed by atoms with Crippen LogP contribution in [0.4, 0.5) is 17.1 Å². The summed E-state index contributed by atoms with van der Waals surface area (Å²) in [6, 6.07) is 12.0. The van der Waals surface area contributed by atoms with Gasteiger partial charge in [-0.3, -0.25) is 0 Å². The standard InChI is InChI=1S/C20H23N3O3/c1-13-4-3-5-18(14(13)2)23-10-8-22(9-11-23)15-6-7-17(21-25)16(12-15)19-20(24)26-19/h3-7,12,19-20,24H,8-11H2,1-2H3. The molecule has 0 aliphatic carbocycles. The van der Waals surface area contributed by atoms with Crippen molar-refractivity contribution in [3.63, 3.8) is 0 Å². The zero-order valence-electron chi connectivity index (χ0n) is 15.1. The van der Waals surface area contributed by atoms with Crippen LogP contribution < -0.4 is 9.80 Å². The molecule has 0 radical (unpaired) electrons. The number of nitroso groups, excluding NO2 is 1. The molecule has 26 heavy (non-hydrogen) atoms. The first-order valence-corrected chi connectivity index (χ1v) is 8.95. The first-order valence-electron chi connectivity index (χ1n) is 8.95. The number of rotatable bonds is 4. The molecule has 1 N–H and O–H groups in total. The predicted molar refractivity (Wildman–Crippen MR) is 102 cm³/mol. The van der Waals surface area contributed by atoms with Crippen molar-refractivity contribution in [3.8, 4) is 0 Å². The van der Waals surface area contributed by atoms with Crippen molar-refractivity contribution < 1.29 is 9.84 Å². The van der Waals surface area contributed by atoms with E-state index in [0.29, 0.717) is 11.3 Å². The molecule has 2 aliphatic rings. The Morgan fingerprint density at radius 1 is 1.08 bits per heavy atom. The Hall–Kier alpha value is -2.44. The molecule has 6 heteroatoms. The summed E-state index contributed by atoms with van der Waals surface area (Å²) in [5, 5.41) is 12.6. The van der Waals surface area contributed by atoms with Crippen molar-refractivity contribution in [2.75, 3.05) is 36.0 Å². The number of nitrogens with zero attached hydrogens (tertiary/aromatic N) is 3. The molecule has 0 saturated carbocycles. The van der Waals surface area contributed by atoms with Gasteiger partial charge in [0.2, 0.25) is 0 Å². The molecule has 0 aromatic heterocycles. The third-order valence-corrected chi connectivity index (χ3v) is 5.45. The number of benzene rings is 2. The van der Waals surface area contributed by atoms with Crippen LogP contribution in [0.2, 0.25) is 0 Å². The van der Waals surface area contributed by atoms with Gasteiger partial charge in [0.15, 0.2) is 6.29 Å². The van der Waals surface area contributed by atoms with Gasteiger partial charge in [0.25, 0.3) is 0 Å². The molecule has 0 spiro atoms. The molecule has 2 fully saturated rings. The summed E-state index contributed by atoms with van der Waals surface area (Å²) in [5.74, 6) is 0. The fourth-order valence-electron chi connectivity index (χ4n) is 3.67. The second-order valence-electron chi connectivity index (χ2n) is 6.97. The Labute approximate surface area is 153 Å². The minimum Gasteiger partial charge on any atom is -0.368 e. The summed E-state index contributed by atoms with van der Waals surface area (Å²) < 4.78 is 5.12. The van der Waals surface area contributed by atoms with E-state index in [-0.39, 0.29) is 0 Å². The number of ether oxygens (including phenoxy) is 1. The highest BCUT2D eigenvalue weighted by Gasteiger charge is 2.40. The van der Waals surface area contributed by atoms with Crippen LogP contribution in [-0.2, 0) is 4.74 Å². The van der Waals surface area contributed by atoms with E-state index < -0.39 is 12.4 Å². The zero-order valence-corrected chi connectivity index (χ0v) is 15.1. The second-order valence-corrected chi connectivity index (χ2v) is 6.97. The lowest BCUT2D eigenvalue weighted by Crippen LogP contribution is -2.46. The molecule has 2 atom stereocenters. The third kappa shape index (κ3) is 3.06. The zero-order chi connectivity index (χ0) is 18.3. The van der Waals surface area contributed by atoms with Crippen molar-refractivity contribution >= 4 is 17.1 Å². The summed E-state index contributed by atoms with van der Waals surface area (Å²) >= 11 is 0. The Kier molecular flexibility index (Phi) is 4.38. The average molecular weight is 353 g/mol. The third-order valence-electron chi connectivity index (χ3n) is 5.45. The van der Waals surface area contributed by atoms with Crippen LogP contribution in [0.5, 0.6) is 0 Å². The molecule has 136 valence electrons. The van der Waals surface area contributed by atoms with Crippen LogP contribution in [0.1, 0.15) is 22.8 Å². The minimum absolute atomic E-state index is 0.337. The first kappa shape index (κ1) is 17.0. The maximum absolute atomic E-state index is 11.0. The number of hydrogen-bond acceptors (Lipinski definition) is 6. The van der Waals surface area contributed by atoms with Crippen LogP contribution >= 0.6 is 0 Å². The van der Waals surface area contributed by atoms with Crippen LogP contribution in [0.15, 0.2) is 41.6 Å². The van der Waals surface area contributed by atoms with Gasteiger partial charge in [-0.1, -0.05) is 12.1 Å². The lowest BCUT2D eigenvalue weighted by molar-refractivity contribution is 0.156. The van der Waals surface area contributed by atoms with E-state index in [1.165, 1.54) is 16.8 Å². The van der Waals surface area contributed by atoms with Gasteiger partial charge in [-0.2, -0.15) is 0 Å². The summed E-state index contributed by atoms with van der Waals surface area (Å²) in [6.07, 6.45) is -1.26. The van der Waals surface area contributed by atoms with Crippen LogP contribution in [0.25, 0.3) is 0 Å². The predicted octanol–water partition coefficient (Wildman–Crippen LogP) is 3.42. The van der Waals surface area contributed by atoms with E-state index >= 15 is 0 Å². The van der Waals surface area contributed by atoms with Crippen LogP contribution in [-0.4, -0.2) is 37.6 Å². The van der Waals surface area contributed by atoms with Gasteiger partial charge < -0.3 is 19.6 Å². The van der Waals surface area contributed by atoms with Crippen molar-refractivity contribution in [2.45, 2.75) is 26.2 Å². The summed E-state index contributed by atoms with van der Waals surface area (Å²) in [7, 11) is 0. The summed E-state index contributed by atoms with van der Waals surface area (Å²) in [4.78, 5) is 15.7. The van der Waals surface area contributed by atoms with E-state index in [1.54, 1.807) is 6.07 Å². The Balaban J connectivity index is 1.50. The second kappa shape index (κ2) is 6.70. The number of anilines is 2. The highest BCUT2D eigenvalue weighted by atomic mass is 16.7. The molecule has 2 saturated heterocycles. The monoisotopic (exact) mass is 353 g/mol. The highest BCUT2D eigenvalue weighted by molar-refractivity contribution is 5.61. The van der Waals surface area contributed by atoms with Gasteiger partial charge >= 0.3 is 0 Å². The number of aliphatic hydroxyl groups is 1. The quantitative estimate of drug-likeness (QED) is 0.674. The van der Waals surface area contributed by atoms with E-state index in [9.17, 15) is 10.0 Å². The fraction of sp³-hybridized carbons (Fsp3) is 0.400. The highest BCUT2D eigenvalue weighted by Crippen LogP contribution is 2.43. The summed E-state index contributed by atoms with van der Waals surface area (Å²) in [5.41, 5.74) is 6.00. The van der Waals surface area contributed by atoms with Gasteiger partial charge in [0.1, 0.15) is 11.8 Å². The Bertz CT molecular complexity index is 831. The van der Waals surface area contributed by atoms with Crippen molar-refractivity contribution in [2.24, 2.45) is 5.18 Å². The van der Waals surface area contributed by atoms with Crippen molar-refractivity contribution in [1.29, 1.82) is 0 Å². The van der Waals surface area contributed by atoms with Crippen LogP contribution in [0.3, 0.4) is 0 Å². The Morgan fingerprint density at radius 3 is 2.42 bits per heavy atom. The molecule has 2 aromatic carbocycles. The van der Waals surface area contributed by atoms with Crippen molar-refractivity contribution in [3.05, 3.63) is 58.0 Å². The topological polar surface area (TPSA) is 68.7 Å². The average Bonchev–Trinajstić information content (AvgIpc) is 3.40. The van der Waals surface area contributed by atoms with Crippen LogP contribution in [0, 0.1) is 18.8 Å². The molecule has 0 amide bonds. The largest absolute Gasteiger partial charge is 0.368 e. The SMILES string of the molecule is Cc1cccc(N2CCN(c3ccc(N=O)c(C4OC4O)c3)CC2)c1C. The van der Waals surface area contributed by atoms with E-state index in [2.05, 4.69) is 47.0 Å². The smallest absolute Gasteiger partial charge is 0.186 e. The number of aryl methyl sites for hydroxylation is 1. The molecule has 2 aromatic rings. The first-order chi connectivity index (χ1) is 12.6. The molecular weight excluding hydrogens is 330 g/mol. The van der Waals surface area contributed by atoms with E-state index in [4.69, 9.17) is 4.74 Å². The van der Waals surface area contributed by atoms with Gasteiger partial charge in [0, 0.05) is 43.1 Å². The molecule has 2 unspecified atom stereocenters. The number of piperazine rings is 1. The number of hydrogen-bond donors (Lipinski definition) is 1. The van der Waals surface area contributed by atoms with Gasteiger partial charge in [-0.05, 0) is 54.4 Å². The van der Waals surface area contributed by atoms with Gasteiger partial charge in [-0.15, -0.1) is 4.91 Å². The molecule has 6 nitrogen and oxygen atoms in total. The maximum Gasteiger partial charge on any atom is 0.186 e. The van der Waals surface area contributed by atoms with Gasteiger partial charge in [-0.25, -0.2) is 0 Å². The van der Waals surface area contributed by atoms with Gasteiger partial charge in [0.05, 0.1) is 0 Å². The minimum atomic E-state index is -0.827. The molecule has 4 rings (SSSR count). The normalized spacial score (nSPS) is 22.4.